The number of benzene rings is 2. The summed E-state index contributed by atoms with van der Waals surface area (Å²) in [5, 5.41) is 6.32. The highest BCUT2D eigenvalue weighted by molar-refractivity contribution is 5.90. The van der Waals surface area contributed by atoms with E-state index in [-0.39, 0.29) is 18.5 Å². The third-order valence-corrected chi connectivity index (χ3v) is 4.07. The molecule has 0 bridgehead atoms. The van der Waals surface area contributed by atoms with Crippen molar-refractivity contribution in [1.29, 1.82) is 0 Å². The molecule has 1 N–H and O–H groups in total. The first-order chi connectivity index (χ1) is 12.9. The van der Waals surface area contributed by atoms with Gasteiger partial charge in [-0.15, -0.1) is 0 Å². The van der Waals surface area contributed by atoms with Crippen LogP contribution in [-0.4, -0.2) is 16.0 Å². The van der Waals surface area contributed by atoms with Gasteiger partial charge in [-0.1, -0.05) is 43.3 Å². The molecule has 1 heterocycles. The standard InChI is InChI=1S/C20H19F2N3O2/c1-12(2)13-3-5-14(6-4-13)20-24-19(27-25-20)10-9-18(26)23-17-8-7-15(21)11-16(17)22/h3-8,11-12H,9-10H2,1-2H3,(H,23,26). The van der Waals surface area contributed by atoms with Gasteiger partial charge in [-0.05, 0) is 23.6 Å². The lowest BCUT2D eigenvalue weighted by molar-refractivity contribution is -0.116. The number of carbonyl (C=O) groups is 1. The van der Waals surface area contributed by atoms with Gasteiger partial charge in [-0.2, -0.15) is 4.98 Å². The normalized spacial score (nSPS) is 11.0. The van der Waals surface area contributed by atoms with E-state index < -0.39 is 17.5 Å². The number of hydrogen-bond acceptors (Lipinski definition) is 4. The van der Waals surface area contributed by atoms with E-state index in [0.717, 1.165) is 11.6 Å². The molecule has 0 saturated carbocycles. The van der Waals surface area contributed by atoms with Crippen LogP contribution in [0.15, 0.2) is 47.0 Å². The molecule has 0 unspecified atom stereocenters. The van der Waals surface area contributed by atoms with E-state index in [1.54, 1.807) is 0 Å². The number of nitrogens with zero attached hydrogens (tertiary/aromatic N) is 2. The maximum absolute atomic E-state index is 13.5. The molecule has 140 valence electrons. The molecule has 27 heavy (non-hydrogen) atoms. The fourth-order valence-electron chi connectivity index (χ4n) is 2.51. The van der Waals surface area contributed by atoms with Crippen molar-refractivity contribution < 1.29 is 18.1 Å². The van der Waals surface area contributed by atoms with Gasteiger partial charge in [0.05, 0.1) is 5.69 Å². The Morgan fingerprint density at radius 3 is 2.56 bits per heavy atom. The van der Waals surface area contributed by atoms with Gasteiger partial charge in [0.15, 0.2) is 0 Å². The first-order valence-corrected chi connectivity index (χ1v) is 8.60. The Kier molecular flexibility index (Phi) is 5.59. The van der Waals surface area contributed by atoms with E-state index in [0.29, 0.717) is 23.7 Å². The minimum absolute atomic E-state index is 0.0325. The number of aromatic nitrogens is 2. The van der Waals surface area contributed by atoms with Crippen LogP contribution in [0.4, 0.5) is 14.5 Å². The van der Waals surface area contributed by atoms with E-state index in [9.17, 15) is 13.6 Å². The van der Waals surface area contributed by atoms with Crippen LogP contribution in [0.2, 0.25) is 0 Å². The highest BCUT2D eigenvalue weighted by Gasteiger charge is 2.13. The van der Waals surface area contributed by atoms with Crippen molar-refractivity contribution in [3.8, 4) is 11.4 Å². The van der Waals surface area contributed by atoms with Gasteiger partial charge < -0.3 is 9.84 Å². The molecule has 3 aromatic rings. The van der Waals surface area contributed by atoms with Crippen LogP contribution in [0.3, 0.4) is 0 Å². The van der Waals surface area contributed by atoms with Crippen LogP contribution in [0, 0.1) is 11.6 Å². The van der Waals surface area contributed by atoms with Crippen LogP contribution < -0.4 is 5.32 Å². The summed E-state index contributed by atoms with van der Waals surface area (Å²) in [7, 11) is 0. The molecule has 0 atom stereocenters. The molecule has 0 aliphatic rings. The summed E-state index contributed by atoms with van der Waals surface area (Å²) < 4.78 is 31.6. The number of carbonyl (C=O) groups excluding carboxylic acids is 1. The largest absolute Gasteiger partial charge is 0.339 e. The fourth-order valence-corrected chi connectivity index (χ4v) is 2.51. The number of amides is 1. The van der Waals surface area contributed by atoms with Crippen LogP contribution in [0.25, 0.3) is 11.4 Å². The monoisotopic (exact) mass is 371 g/mol. The number of anilines is 1. The Morgan fingerprint density at radius 1 is 1.15 bits per heavy atom. The molecule has 0 saturated heterocycles. The zero-order valence-corrected chi connectivity index (χ0v) is 15.0. The van der Waals surface area contributed by atoms with E-state index in [1.807, 2.05) is 24.3 Å². The van der Waals surface area contributed by atoms with E-state index in [2.05, 4.69) is 29.3 Å². The Morgan fingerprint density at radius 2 is 1.89 bits per heavy atom. The van der Waals surface area contributed by atoms with E-state index in [4.69, 9.17) is 4.52 Å². The molecule has 5 nitrogen and oxygen atoms in total. The number of halogens is 2. The van der Waals surface area contributed by atoms with Crippen LogP contribution >= 0.6 is 0 Å². The molecule has 3 rings (SSSR count). The molecule has 0 fully saturated rings. The zero-order valence-electron chi connectivity index (χ0n) is 15.0. The number of rotatable bonds is 6. The Labute approximate surface area is 155 Å². The maximum Gasteiger partial charge on any atom is 0.227 e. The summed E-state index contributed by atoms with van der Waals surface area (Å²) in [6.07, 6.45) is 0.246. The number of hydrogen-bond donors (Lipinski definition) is 1. The second-order valence-corrected chi connectivity index (χ2v) is 6.46. The molecule has 1 amide bonds. The van der Waals surface area contributed by atoms with E-state index in [1.165, 1.54) is 11.6 Å². The van der Waals surface area contributed by atoms with Gasteiger partial charge in [0.25, 0.3) is 0 Å². The lowest BCUT2D eigenvalue weighted by Gasteiger charge is -2.05. The van der Waals surface area contributed by atoms with Gasteiger partial charge in [0, 0.05) is 24.5 Å². The van der Waals surface area contributed by atoms with Crippen molar-refractivity contribution in [2.45, 2.75) is 32.6 Å². The van der Waals surface area contributed by atoms with Crippen molar-refractivity contribution in [1.82, 2.24) is 10.1 Å². The molecule has 7 heteroatoms. The lowest BCUT2D eigenvalue weighted by Crippen LogP contribution is -2.13. The summed E-state index contributed by atoms with van der Waals surface area (Å²) in [5.74, 6) is -0.762. The van der Waals surface area contributed by atoms with Crippen LogP contribution in [0.1, 0.15) is 37.6 Å². The highest BCUT2D eigenvalue weighted by atomic mass is 19.1. The predicted molar refractivity (Wildman–Crippen MR) is 97.1 cm³/mol. The topological polar surface area (TPSA) is 68.0 Å². The second kappa shape index (κ2) is 8.07. The number of aryl methyl sites for hydroxylation is 1. The smallest absolute Gasteiger partial charge is 0.227 e. The minimum atomic E-state index is -0.826. The van der Waals surface area contributed by atoms with Crippen molar-refractivity contribution in [2.24, 2.45) is 0 Å². The minimum Gasteiger partial charge on any atom is -0.339 e. The quantitative estimate of drug-likeness (QED) is 0.681. The summed E-state index contributed by atoms with van der Waals surface area (Å²) in [6, 6.07) is 10.8. The summed E-state index contributed by atoms with van der Waals surface area (Å²) in [5.41, 5.74) is 1.97. The maximum atomic E-state index is 13.5. The van der Waals surface area contributed by atoms with Gasteiger partial charge >= 0.3 is 0 Å². The molecule has 0 radical (unpaired) electrons. The van der Waals surface area contributed by atoms with E-state index >= 15 is 0 Å². The first-order valence-electron chi connectivity index (χ1n) is 8.60. The second-order valence-electron chi connectivity index (χ2n) is 6.46. The average Bonchev–Trinajstić information content (AvgIpc) is 3.11. The summed E-state index contributed by atoms with van der Waals surface area (Å²) in [4.78, 5) is 16.2. The molecule has 0 spiro atoms. The lowest BCUT2D eigenvalue weighted by atomic mass is 10.0. The van der Waals surface area contributed by atoms with Gasteiger partial charge in [0.1, 0.15) is 11.6 Å². The van der Waals surface area contributed by atoms with Crippen molar-refractivity contribution in [3.63, 3.8) is 0 Å². The van der Waals surface area contributed by atoms with Crippen molar-refractivity contribution >= 4 is 11.6 Å². The molecule has 0 aliphatic heterocycles. The molecular formula is C20H19F2N3O2. The van der Waals surface area contributed by atoms with Gasteiger partial charge in [-0.25, -0.2) is 8.78 Å². The summed E-state index contributed by atoms with van der Waals surface area (Å²) >= 11 is 0. The third-order valence-electron chi connectivity index (χ3n) is 4.07. The predicted octanol–water partition coefficient (Wildman–Crippen LogP) is 4.71. The molecule has 0 aliphatic carbocycles. The van der Waals surface area contributed by atoms with Crippen LogP contribution in [0.5, 0.6) is 0 Å². The zero-order chi connectivity index (χ0) is 19.4. The Bertz CT molecular complexity index is 937. The Balaban J connectivity index is 1.58. The third kappa shape index (κ3) is 4.75. The van der Waals surface area contributed by atoms with Gasteiger partial charge in [0.2, 0.25) is 17.6 Å². The van der Waals surface area contributed by atoms with Crippen molar-refractivity contribution in [3.05, 3.63) is 65.6 Å². The average molecular weight is 371 g/mol. The van der Waals surface area contributed by atoms with Crippen molar-refractivity contribution in [2.75, 3.05) is 5.32 Å². The molecule has 2 aromatic carbocycles. The first kappa shape index (κ1) is 18.7. The van der Waals surface area contributed by atoms with Crippen LogP contribution in [-0.2, 0) is 11.2 Å². The van der Waals surface area contributed by atoms with Gasteiger partial charge in [-0.3, -0.25) is 4.79 Å². The SMILES string of the molecule is CC(C)c1ccc(-c2noc(CCC(=O)Nc3ccc(F)cc3F)n2)cc1. The number of nitrogens with one attached hydrogen (secondary N) is 1. The summed E-state index contributed by atoms with van der Waals surface area (Å²) in [6.45, 7) is 4.23. The Hall–Kier alpha value is -3.09. The molecule has 1 aromatic heterocycles. The fraction of sp³-hybridized carbons (Fsp3) is 0.250. The highest BCUT2D eigenvalue weighted by Crippen LogP contribution is 2.21. The molecular weight excluding hydrogens is 352 g/mol.